The van der Waals surface area contributed by atoms with E-state index in [9.17, 15) is 0 Å². The molecule has 3 nitrogen and oxygen atoms in total. The summed E-state index contributed by atoms with van der Waals surface area (Å²) in [6, 6.07) is 8.21. The van der Waals surface area contributed by atoms with Gasteiger partial charge < -0.3 is 9.64 Å². The molecule has 94 valence electrons. The summed E-state index contributed by atoms with van der Waals surface area (Å²) >= 11 is 2.31. The Hall–Kier alpha value is -0.330. The van der Waals surface area contributed by atoms with E-state index in [0.717, 1.165) is 32.0 Å². The Labute approximate surface area is 117 Å². The summed E-state index contributed by atoms with van der Waals surface area (Å²) in [5.41, 5.74) is 0. The van der Waals surface area contributed by atoms with Crippen LogP contribution in [-0.4, -0.2) is 56.2 Å². The summed E-state index contributed by atoms with van der Waals surface area (Å²) in [7, 11) is 2.18. The van der Waals surface area contributed by atoms with Gasteiger partial charge in [0.05, 0.1) is 0 Å². The summed E-state index contributed by atoms with van der Waals surface area (Å²) < 4.78 is 6.98. The second-order valence-electron chi connectivity index (χ2n) is 4.45. The van der Waals surface area contributed by atoms with Crippen molar-refractivity contribution in [2.24, 2.45) is 0 Å². The van der Waals surface area contributed by atoms with Gasteiger partial charge in [-0.3, -0.25) is 4.90 Å². The van der Waals surface area contributed by atoms with Crippen molar-refractivity contribution in [3.8, 4) is 5.75 Å². The number of hydrogen-bond acceptors (Lipinski definition) is 3. The third-order valence-electron chi connectivity index (χ3n) is 3.07. The maximum Gasteiger partial charge on any atom is 0.120 e. The van der Waals surface area contributed by atoms with Crippen LogP contribution >= 0.6 is 22.6 Å². The van der Waals surface area contributed by atoms with Gasteiger partial charge in [0.2, 0.25) is 0 Å². The van der Waals surface area contributed by atoms with Gasteiger partial charge in [-0.15, -0.1) is 0 Å². The van der Waals surface area contributed by atoms with Crippen LogP contribution in [0.2, 0.25) is 0 Å². The maximum atomic E-state index is 5.76. The lowest BCUT2D eigenvalue weighted by atomic mass is 10.3. The first-order valence-corrected chi connectivity index (χ1v) is 7.11. The third-order valence-corrected chi connectivity index (χ3v) is 3.74. The highest BCUT2D eigenvalue weighted by molar-refractivity contribution is 14.1. The molecular formula is C13H19IN2O. The molecule has 0 spiro atoms. The summed E-state index contributed by atoms with van der Waals surface area (Å²) in [5, 5.41) is 0. The van der Waals surface area contributed by atoms with Crippen molar-refractivity contribution in [1.82, 2.24) is 9.80 Å². The fourth-order valence-corrected chi connectivity index (χ4v) is 2.44. The van der Waals surface area contributed by atoms with Crippen molar-refractivity contribution in [3.05, 3.63) is 27.8 Å². The van der Waals surface area contributed by atoms with E-state index in [4.69, 9.17) is 4.74 Å². The number of nitrogens with zero attached hydrogens (tertiary/aromatic N) is 2. The van der Waals surface area contributed by atoms with Crippen LogP contribution in [0.1, 0.15) is 0 Å². The molecule has 1 saturated heterocycles. The van der Waals surface area contributed by atoms with E-state index < -0.39 is 0 Å². The number of ether oxygens (including phenoxy) is 1. The molecule has 0 saturated carbocycles. The standard InChI is InChI=1S/C13H19IN2O/c1-15-5-7-16(8-6-15)9-10-17-13-4-2-3-12(14)11-13/h2-4,11H,5-10H2,1H3. The van der Waals surface area contributed by atoms with Gasteiger partial charge in [0.25, 0.3) is 0 Å². The SMILES string of the molecule is CN1CCN(CCOc2cccc(I)c2)CC1. The van der Waals surface area contributed by atoms with Crippen molar-refractivity contribution in [1.29, 1.82) is 0 Å². The van der Waals surface area contributed by atoms with Crippen molar-refractivity contribution in [2.75, 3.05) is 46.4 Å². The predicted octanol–water partition coefficient (Wildman–Crippen LogP) is 1.92. The quantitative estimate of drug-likeness (QED) is 0.775. The Morgan fingerprint density at radius 3 is 2.71 bits per heavy atom. The molecule has 0 aromatic heterocycles. The van der Waals surface area contributed by atoms with Crippen molar-refractivity contribution >= 4 is 22.6 Å². The van der Waals surface area contributed by atoms with Gasteiger partial charge in [-0.05, 0) is 47.8 Å². The zero-order valence-corrected chi connectivity index (χ0v) is 12.4. The van der Waals surface area contributed by atoms with Gasteiger partial charge in [-0.25, -0.2) is 0 Å². The summed E-state index contributed by atoms with van der Waals surface area (Å²) in [5.74, 6) is 0.978. The van der Waals surface area contributed by atoms with Gasteiger partial charge >= 0.3 is 0 Å². The van der Waals surface area contributed by atoms with Gasteiger partial charge in [0, 0.05) is 36.3 Å². The fraction of sp³-hybridized carbons (Fsp3) is 0.538. The Balaban J connectivity index is 1.69. The van der Waals surface area contributed by atoms with Gasteiger partial charge in [-0.1, -0.05) is 6.07 Å². The molecule has 0 unspecified atom stereocenters. The Bertz CT molecular complexity index is 351. The molecule has 0 N–H and O–H groups in total. The van der Waals surface area contributed by atoms with Crippen molar-refractivity contribution in [3.63, 3.8) is 0 Å². The molecule has 4 heteroatoms. The average molecular weight is 346 g/mol. The highest BCUT2D eigenvalue weighted by atomic mass is 127. The third kappa shape index (κ3) is 4.44. The smallest absolute Gasteiger partial charge is 0.120 e. The number of piperazine rings is 1. The van der Waals surface area contributed by atoms with Gasteiger partial charge in [0.1, 0.15) is 12.4 Å². The van der Waals surface area contributed by atoms with Crippen LogP contribution in [0.25, 0.3) is 0 Å². The van der Waals surface area contributed by atoms with Crippen LogP contribution in [-0.2, 0) is 0 Å². The lowest BCUT2D eigenvalue weighted by molar-refractivity contribution is 0.133. The average Bonchev–Trinajstić information content (AvgIpc) is 2.32. The number of halogens is 1. The highest BCUT2D eigenvalue weighted by Crippen LogP contribution is 2.14. The molecule has 1 fully saturated rings. The first-order valence-electron chi connectivity index (χ1n) is 6.03. The van der Waals surface area contributed by atoms with E-state index in [1.54, 1.807) is 0 Å². The molecule has 0 atom stereocenters. The van der Waals surface area contributed by atoms with E-state index in [-0.39, 0.29) is 0 Å². The lowest BCUT2D eigenvalue weighted by Gasteiger charge is -2.32. The van der Waals surface area contributed by atoms with Crippen molar-refractivity contribution < 1.29 is 4.74 Å². The van der Waals surface area contributed by atoms with E-state index in [1.807, 2.05) is 12.1 Å². The van der Waals surface area contributed by atoms with Gasteiger partial charge in [-0.2, -0.15) is 0 Å². The monoisotopic (exact) mass is 346 g/mol. The zero-order chi connectivity index (χ0) is 12.1. The number of hydrogen-bond donors (Lipinski definition) is 0. The Morgan fingerprint density at radius 2 is 2.00 bits per heavy atom. The second-order valence-corrected chi connectivity index (χ2v) is 5.70. The number of likely N-dealkylation sites (N-methyl/N-ethyl adjacent to an activating group) is 1. The molecule has 1 heterocycles. The molecule has 1 aromatic carbocycles. The summed E-state index contributed by atoms with van der Waals surface area (Å²) in [6.45, 7) is 6.47. The molecule has 0 aliphatic carbocycles. The highest BCUT2D eigenvalue weighted by Gasteiger charge is 2.12. The molecular weight excluding hydrogens is 327 g/mol. The minimum Gasteiger partial charge on any atom is -0.492 e. The normalized spacial score (nSPS) is 18.2. The summed E-state index contributed by atoms with van der Waals surface area (Å²) in [4.78, 5) is 4.84. The topological polar surface area (TPSA) is 15.7 Å². The Kier molecular flexibility index (Phi) is 5.06. The molecule has 2 rings (SSSR count). The zero-order valence-electron chi connectivity index (χ0n) is 10.2. The molecule has 1 aromatic rings. The molecule has 0 amide bonds. The Morgan fingerprint density at radius 1 is 1.24 bits per heavy atom. The predicted molar refractivity (Wildman–Crippen MR) is 78.6 cm³/mol. The molecule has 1 aliphatic rings. The van der Waals surface area contributed by atoms with Crippen molar-refractivity contribution in [2.45, 2.75) is 0 Å². The van der Waals surface area contributed by atoms with E-state index >= 15 is 0 Å². The largest absolute Gasteiger partial charge is 0.492 e. The molecule has 1 aliphatic heterocycles. The van der Waals surface area contributed by atoms with E-state index in [2.05, 4.69) is 51.6 Å². The van der Waals surface area contributed by atoms with Crippen LogP contribution in [0, 0.1) is 3.57 Å². The van der Waals surface area contributed by atoms with E-state index in [0.29, 0.717) is 0 Å². The minimum atomic E-state index is 0.782. The van der Waals surface area contributed by atoms with Crippen LogP contribution in [0.15, 0.2) is 24.3 Å². The first kappa shape index (κ1) is 13.1. The maximum absolute atomic E-state index is 5.76. The first-order chi connectivity index (χ1) is 8.24. The van der Waals surface area contributed by atoms with E-state index in [1.165, 1.54) is 16.7 Å². The second kappa shape index (κ2) is 6.56. The molecule has 17 heavy (non-hydrogen) atoms. The number of rotatable bonds is 4. The molecule has 0 bridgehead atoms. The van der Waals surface area contributed by atoms with Crippen LogP contribution < -0.4 is 4.74 Å². The summed E-state index contributed by atoms with van der Waals surface area (Å²) in [6.07, 6.45) is 0. The van der Waals surface area contributed by atoms with Crippen LogP contribution in [0.4, 0.5) is 0 Å². The van der Waals surface area contributed by atoms with Gasteiger partial charge in [0.15, 0.2) is 0 Å². The molecule has 0 radical (unpaired) electrons. The lowest BCUT2D eigenvalue weighted by Crippen LogP contribution is -2.45. The van der Waals surface area contributed by atoms with Crippen LogP contribution in [0.5, 0.6) is 5.75 Å². The number of benzene rings is 1. The fourth-order valence-electron chi connectivity index (χ4n) is 1.92. The van der Waals surface area contributed by atoms with Crippen LogP contribution in [0.3, 0.4) is 0 Å². The minimum absolute atomic E-state index is 0.782.